The topological polar surface area (TPSA) is 17.8 Å². The smallest absolute Gasteiger partial charge is 0.114 e. The summed E-state index contributed by atoms with van der Waals surface area (Å²) >= 11 is 0. The molecule has 0 fully saturated rings. The summed E-state index contributed by atoms with van der Waals surface area (Å²) in [4.78, 5) is 4.92. The van der Waals surface area contributed by atoms with Crippen LogP contribution < -0.4 is 0 Å². The molecule has 0 saturated heterocycles. The van der Waals surface area contributed by atoms with Gasteiger partial charge in [-0.3, -0.25) is 4.57 Å². The fourth-order valence-electron chi connectivity index (χ4n) is 6.44. The predicted molar refractivity (Wildman–Crippen MR) is 182 cm³/mol. The van der Waals surface area contributed by atoms with Gasteiger partial charge >= 0.3 is 0 Å². The van der Waals surface area contributed by atoms with E-state index in [0.29, 0.717) is 5.56 Å². The van der Waals surface area contributed by atoms with Gasteiger partial charge in [0.2, 0.25) is 0 Å². The van der Waals surface area contributed by atoms with Crippen molar-refractivity contribution in [3.8, 4) is 39.1 Å². The summed E-state index contributed by atoms with van der Waals surface area (Å²) in [5, 5.41) is 4.15. The zero-order valence-corrected chi connectivity index (χ0v) is 23.6. The lowest BCUT2D eigenvalue weighted by Gasteiger charge is -2.20. The first kappa shape index (κ1) is 20.4. The van der Waals surface area contributed by atoms with Gasteiger partial charge in [-0.05, 0) is 79.2 Å². The monoisotopic (exact) mass is 555 g/mol. The van der Waals surface area contributed by atoms with Gasteiger partial charge < -0.3 is 0 Å². The Morgan fingerprint density at radius 1 is 0.581 bits per heavy atom. The van der Waals surface area contributed by atoms with Crippen molar-refractivity contribution in [2.24, 2.45) is 0 Å². The number of hydrogen-bond donors (Lipinski definition) is 0. The van der Waals surface area contributed by atoms with Crippen LogP contribution in [-0.2, 0) is 6.42 Å². The molecule has 1 heterocycles. The molecule has 0 amide bonds. The lowest BCUT2D eigenvalue weighted by molar-refractivity contribution is 0.908. The number of aromatic nitrogens is 2. The Hall–Kier alpha value is -5.47. The van der Waals surface area contributed by atoms with Crippen molar-refractivity contribution in [1.82, 2.24) is 9.55 Å². The van der Waals surface area contributed by atoms with Crippen molar-refractivity contribution in [2.75, 3.05) is 0 Å². The van der Waals surface area contributed by atoms with Crippen LogP contribution >= 0.6 is 0 Å². The molecule has 2 heteroatoms. The maximum Gasteiger partial charge on any atom is 0.114 e. The summed E-state index contributed by atoms with van der Waals surface area (Å²) in [6, 6.07) is 39.6. The number of imidazole rings is 1. The molecule has 204 valence electrons. The second-order valence-electron chi connectivity index (χ2n) is 10.6. The Labute approximate surface area is 258 Å². The molecule has 0 aliphatic carbocycles. The third-order valence-electron chi connectivity index (χ3n) is 8.24. The van der Waals surface area contributed by atoms with E-state index in [0.717, 1.165) is 72.8 Å². The molecule has 8 rings (SSSR count). The SMILES string of the molecule is [2H]c1c([2H])c([2H])c(-c2ccccc2-c2c3ccccc3c(-c3cccc(-n4c(CC)nc5ccccc54)c3)c3ccccc23)c([2H])c1[2H]. The molecule has 2 nitrogen and oxygen atoms in total. The quantitative estimate of drug-likeness (QED) is 0.193. The number of fused-ring (bicyclic) bond motifs is 3. The molecule has 0 atom stereocenters. The van der Waals surface area contributed by atoms with E-state index in [1.54, 1.807) is 0 Å². The first-order valence-electron chi connectivity index (χ1n) is 17.1. The highest BCUT2D eigenvalue weighted by atomic mass is 15.1. The van der Waals surface area contributed by atoms with Crippen LogP contribution in [0.4, 0.5) is 0 Å². The fraction of sp³-hybridized carbons (Fsp3) is 0.0488. The van der Waals surface area contributed by atoms with Gasteiger partial charge in [-0.25, -0.2) is 4.98 Å². The van der Waals surface area contributed by atoms with Gasteiger partial charge in [-0.1, -0.05) is 134 Å². The molecule has 0 N–H and O–H groups in total. The molecule has 0 unspecified atom stereocenters. The molecule has 0 saturated carbocycles. The van der Waals surface area contributed by atoms with Crippen molar-refractivity contribution >= 4 is 32.6 Å². The van der Waals surface area contributed by atoms with Gasteiger partial charge in [0.1, 0.15) is 5.82 Å². The zero-order valence-electron chi connectivity index (χ0n) is 28.6. The number of hydrogen-bond acceptors (Lipinski definition) is 1. The third-order valence-corrected chi connectivity index (χ3v) is 8.24. The number of aryl methyl sites for hydroxylation is 1. The maximum absolute atomic E-state index is 8.78. The van der Waals surface area contributed by atoms with Crippen LogP contribution in [0.25, 0.3) is 71.6 Å². The summed E-state index contributed by atoms with van der Waals surface area (Å²) in [7, 11) is 0. The van der Waals surface area contributed by atoms with Crippen LogP contribution in [0, 0.1) is 0 Å². The lowest BCUT2D eigenvalue weighted by Crippen LogP contribution is -2.00. The second kappa shape index (κ2) is 10.4. The van der Waals surface area contributed by atoms with E-state index in [9.17, 15) is 0 Å². The number of para-hydroxylation sites is 2. The zero-order chi connectivity index (χ0) is 33.1. The van der Waals surface area contributed by atoms with E-state index in [2.05, 4.69) is 72.2 Å². The molecule has 0 radical (unpaired) electrons. The highest BCUT2D eigenvalue weighted by molar-refractivity contribution is 6.22. The molecule has 0 bridgehead atoms. The highest BCUT2D eigenvalue weighted by Crippen LogP contribution is 2.46. The molecule has 7 aromatic carbocycles. The van der Waals surface area contributed by atoms with Crippen LogP contribution in [0.1, 0.15) is 19.6 Å². The van der Waals surface area contributed by atoms with Gasteiger partial charge in [0.05, 0.1) is 17.9 Å². The minimum atomic E-state index is -0.400. The second-order valence-corrected chi connectivity index (χ2v) is 10.6. The first-order valence-corrected chi connectivity index (χ1v) is 14.6. The van der Waals surface area contributed by atoms with Gasteiger partial charge in [0, 0.05) is 12.1 Å². The van der Waals surface area contributed by atoms with Crippen LogP contribution in [0.15, 0.2) is 152 Å². The maximum atomic E-state index is 8.78. The number of benzene rings is 7. The molecule has 1 aromatic heterocycles. The molecule has 43 heavy (non-hydrogen) atoms. The largest absolute Gasteiger partial charge is 0.296 e. The molecule has 8 aromatic rings. The van der Waals surface area contributed by atoms with Crippen LogP contribution in [0.2, 0.25) is 0 Å². The van der Waals surface area contributed by atoms with Crippen molar-refractivity contribution in [1.29, 1.82) is 0 Å². The summed E-state index contributed by atoms with van der Waals surface area (Å²) in [5.41, 5.74) is 7.82. The molecule has 0 spiro atoms. The van der Waals surface area contributed by atoms with Gasteiger partial charge in [-0.2, -0.15) is 0 Å². The average Bonchev–Trinajstić information content (AvgIpc) is 3.51. The van der Waals surface area contributed by atoms with Crippen LogP contribution in [-0.4, -0.2) is 9.55 Å². The Kier molecular flexibility index (Phi) is 4.95. The van der Waals surface area contributed by atoms with Crippen molar-refractivity contribution in [2.45, 2.75) is 13.3 Å². The van der Waals surface area contributed by atoms with Crippen molar-refractivity contribution in [3.63, 3.8) is 0 Å². The van der Waals surface area contributed by atoms with Gasteiger partial charge in [0.25, 0.3) is 0 Å². The van der Waals surface area contributed by atoms with E-state index in [1.807, 2.05) is 60.7 Å². The minimum Gasteiger partial charge on any atom is -0.296 e. The molecular formula is C41H30N2. The Morgan fingerprint density at radius 2 is 1.19 bits per heavy atom. The van der Waals surface area contributed by atoms with E-state index in [-0.39, 0.29) is 29.7 Å². The Bertz CT molecular complexity index is 2480. The number of rotatable bonds is 5. The summed E-state index contributed by atoms with van der Waals surface area (Å²) in [6.45, 7) is 2.13. The Balaban J connectivity index is 1.43. The summed E-state index contributed by atoms with van der Waals surface area (Å²) in [5.74, 6) is 1.00. The van der Waals surface area contributed by atoms with Gasteiger partial charge in [0.15, 0.2) is 0 Å². The van der Waals surface area contributed by atoms with E-state index < -0.39 is 6.04 Å². The van der Waals surface area contributed by atoms with E-state index >= 15 is 0 Å². The average molecular weight is 556 g/mol. The standard InChI is InChI=1S/C41H30N2/c1-2-39-42-37-25-12-13-26-38(37)43(39)30-18-14-17-29(27-30)40-33-21-8-10-23-35(33)41(36-24-11-9-22-34(36)40)32-20-7-6-19-31(32)28-15-4-3-5-16-28/h3-27H,2H2,1H3/i3D,4D,5D,15D,16D. The number of nitrogens with zero attached hydrogens (tertiary/aromatic N) is 2. The van der Waals surface area contributed by atoms with Crippen molar-refractivity contribution < 1.29 is 6.85 Å². The van der Waals surface area contributed by atoms with Crippen LogP contribution in [0.5, 0.6) is 0 Å². The lowest BCUT2D eigenvalue weighted by atomic mass is 9.84. The Morgan fingerprint density at radius 3 is 1.88 bits per heavy atom. The van der Waals surface area contributed by atoms with Gasteiger partial charge in [-0.15, -0.1) is 0 Å². The fourth-order valence-corrected chi connectivity index (χ4v) is 6.44. The minimum absolute atomic E-state index is 0.195. The summed E-state index contributed by atoms with van der Waals surface area (Å²) < 4.78 is 44.7. The molecular weight excluding hydrogens is 520 g/mol. The molecule has 0 aliphatic heterocycles. The van der Waals surface area contributed by atoms with Crippen LogP contribution in [0.3, 0.4) is 0 Å². The predicted octanol–water partition coefficient (Wildman–Crippen LogP) is 10.9. The summed E-state index contributed by atoms with van der Waals surface area (Å²) in [6.07, 6.45) is 0.798. The molecule has 0 aliphatic rings. The van der Waals surface area contributed by atoms with Crippen molar-refractivity contribution in [3.05, 3.63) is 157 Å². The highest BCUT2D eigenvalue weighted by Gasteiger charge is 2.19. The first-order chi connectivity index (χ1) is 23.4. The van der Waals surface area contributed by atoms with E-state index in [4.69, 9.17) is 11.8 Å². The third kappa shape index (κ3) is 4.14. The van der Waals surface area contributed by atoms with E-state index in [1.165, 1.54) is 0 Å². The normalized spacial score (nSPS) is 13.1.